The first-order valence-corrected chi connectivity index (χ1v) is 11.0. The van der Waals surface area contributed by atoms with Gasteiger partial charge in [0.15, 0.2) is 0 Å². The maximum absolute atomic E-state index is 14.3. The molecule has 166 valence electrons. The number of nitrogens with one attached hydrogen (secondary N) is 1. The third-order valence-corrected chi connectivity index (χ3v) is 6.04. The van der Waals surface area contributed by atoms with E-state index in [9.17, 15) is 9.18 Å². The van der Waals surface area contributed by atoms with Gasteiger partial charge in [-0.05, 0) is 72.7 Å². The molecule has 6 heteroatoms. The summed E-state index contributed by atoms with van der Waals surface area (Å²) in [7, 11) is 0. The fourth-order valence-electron chi connectivity index (χ4n) is 4.35. The Balaban J connectivity index is 1.49. The molecule has 0 amide bonds. The summed E-state index contributed by atoms with van der Waals surface area (Å²) in [4.78, 5) is 17.6. The molecule has 0 radical (unpaired) electrons. The van der Waals surface area contributed by atoms with Crippen LogP contribution in [-0.2, 0) is 30.7 Å². The molecule has 0 unspecified atom stereocenters. The molecule has 1 aliphatic heterocycles. The van der Waals surface area contributed by atoms with E-state index in [1.807, 2.05) is 18.3 Å². The van der Waals surface area contributed by atoms with Gasteiger partial charge in [0.25, 0.3) is 0 Å². The van der Waals surface area contributed by atoms with Crippen LogP contribution in [0.4, 0.5) is 15.8 Å². The quantitative estimate of drug-likeness (QED) is 0.517. The number of rotatable bonds is 8. The molecule has 2 N–H and O–H groups in total. The molecule has 2 heterocycles. The highest BCUT2D eigenvalue weighted by atomic mass is 19.1. The second-order valence-corrected chi connectivity index (χ2v) is 8.26. The van der Waals surface area contributed by atoms with E-state index in [2.05, 4.69) is 40.3 Å². The molecule has 0 fully saturated rings. The second-order valence-electron chi connectivity index (χ2n) is 8.26. The van der Waals surface area contributed by atoms with Gasteiger partial charge in [-0.1, -0.05) is 24.3 Å². The minimum Gasteiger partial charge on any atom is -0.481 e. The molecular weight excluding hydrogens is 405 g/mol. The normalized spacial score (nSPS) is 13.0. The third-order valence-electron chi connectivity index (χ3n) is 6.04. The summed E-state index contributed by atoms with van der Waals surface area (Å²) >= 11 is 0. The number of aromatic nitrogens is 1. The highest BCUT2D eigenvalue weighted by Crippen LogP contribution is 2.34. The predicted octanol–water partition coefficient (Wildman–Crippen LogP) is 5.11. The topological polar surface area (TPSA) is 65.5 Å². The van der Waals surface area contributed by atoms with E-state index in [-0.39, 0.29) is 18.7 Å². The smallest absolute Gasteiger partial charge is 0.303 e. The Morgan fingerprint density at radius 3 is 2.78 bits per heavy atom. The summed E-state index contributed by atoms with van der Waals surface area (Å²) in [5.41, 5.74) is 7.23. The molecular formula is C26H28FN3O2. The summed E-state index contributed by atoms with van der Waals surface area (Å²) in [5, 5.41) is 12.1. The molecule has 0 spiro atoms. The summed E-state index contributed by atoms with van der Waals surface area (Å²) in [5.74, 6) is -1.30. The van der Waals surface area contributed by atoms with Gasteiger partial charge >= 0.3 is 5.97 Å². The fourth-order valence-corrected chi connectivity index (χ4v) is 4.35. The highest BCUT2D eigenvalue weighted by molar-refractivity contribution is 5.67. The van der Waals surface area contributed by atoms with Crippen molar-refractivity contribution >= 4 is 17.3 Å². The molecule has 0 bridgehead atoms. The zero-order valence-electron chi connectivity index (χ0n) is 18.3. The number of benzene rings is 2. The van der Waals surface area contributed by atoms with Crippen LogP contribution < -0.4 is 10.2 Å². The van der Waals surface area contributed by atoms with Gasteiger partial charge < -0.3 is 15.3 Å². The first kappa shape index (κ1) is 21.8. The van der Waals surface area contributed by atoms with Crippen LogP contribution in [0.25, 0.3) is 0 Å². The number of hydrogen-bond acceptors (Lipinski definition) is 4. The van der Waals surface area contributed by atoms with E-state index < -0.39 is 5.97 Å². The molecule has 0 aliphatic carbocycles. The maximum atomic E-state index is 14.3. The van der Waals surface area contributed by atoms with Gasteiger partial charge in [-0.15, -0.1) is 0 Å². The Hall–Kier alpha value is -3.41. The molecule has 0 atom stereocenters. The number of halogens is 1. The van der Waals surface area contributed by atoms with Crippen LogP contribution in [-0.4, -0.2) is 22.6 Å². The van der Waals surface area contributed by atoms with Crippen molar-refractivity contribution in [1.29, 1.82) is 0 Å². The van der Waals surface area contributed by atoms with Gasteiger partial charge in [-0.3, -0.25) is 9.78 Å². The zero-order valence-corrected chi connectivity index (χ0v) is 18.3. The molecule has 32 heavy (non-hydrogen) atoms. The number of carboxylic acids is 1. The monoisotopic (exact) mass is 433 g/mol. The van der Waals surface area contributed by atoms with Crippen molar-refractivity contribution in [1.82, 2.24) is 4.98 Å². The van der Waals surface area contributed by atoms with Crippen molar-refractivity contribution in [3.05, 3.63) is 88.5 Å². The molecule has 0 saturated heterocycles. The van der Waals surface area contributed by atoms with Crippen LogP contribution in [0.3, 0.4) is 0 Å². The van der Waals surface area contributed by atoms with Crippen molar-refractivity contribution in [2.45, 2.75) is 45.7 Å². The number of carbonyl (C=O) groups is 1. The standard InChI is InChI=1S/C26H28FN3O2/c1-18-21(16-29-22-11-9-19(24(27)15-22)10-12-25(31)32)8-7-20-5-4-14-30(26(18)20)17-23-6-2-3-13-28-23/h2-3,6-9,11,13,15,29H,4-5,10,12,14,16-17H2,1H3,(H,31,32). The van der Waals surface area contributed by atoms with E-state index >= 15 is 0 Å². The van der Waals surface area contributed by atoms with Gasteiger partial charge in [0.05, 0.1) is 12.2 Å². The largest absolute Gasteiger partial charge is 0.481 e. The number of aliphatic carboxylic acids is 1. The maximum Gasteiger partial charge on any atom is 0.303 e. The lowest BCUT2D eigenvalue weighted by molar-refractivity contribution is -0.136. The summed E-state index contributed by atoms with van der Waals surface area (Å²) in [6, 6.07) is 15.3. The second kappa shape index (κ2) is 9.81. The highest BCUT2D eigenvalue weighted by Gasteiger charge is 2.21. The Morgan fingerprint density at radius 1 is 1.19 bits per heavy atom. The first-order valence-electron chi connectivity index (χ1n) is 11.0. The Morgan fingerprint density at radius 2 is 2.03 bits per heavy atom. The average molecular weight is 434 g/mol. The summed E-state index contributed by atoms with van der Waals surface area (Å²) in [6.45, 7) is 4.53. The molecule has 2 aromatic carbocycles. The summed E-state index contributed by atoms with van der Waals surface area (Å²) < 4.78 is 14.3. The number of fused-ring (bicyclic) bond motifs is 1. The number of pyridine rings is 1. The van der Waals surface area contributed by atoms with Crippen LogP contribution in [0.2, 0.25) is 0 Å². The first-order chi connectivity index (χ1) is 15.5. The zero-order chi connectivity index (χ0) is 22.5. The van der Waals surface area contributed by atoms with Crippen molar-refractivity contribution in [3.63, 3.8) is 0 Å². The van der Waals surface area contributed by atoms with E-state index in [0.29, 0.717) is 17.8 Å². The van der Waals surface area contributed by atoms with Crippen LogP contribution in [0, 0.1) is 12.7 Å². The summed E-state index contributed by atoms with van der Waals surface area (Å²) in [6.07, 6.45) is 4.15. The number of hydrogen-bond donors (Lipinski definition) is 2. The van der Waals surface area contributed by atoms with E-state index in [0.717, 1.165) is 31.6 Å². The van der Waals surface area contributed by atoms with E-state index in [1.54, 1.807) is 12.1 Å². The van der Waals surface area contributed by atoms with E-state index in [1.165, 1.54) is 28.4 Å². The van der Waals surface area contributed by atoms with Gasteiger partial charge in [0.2, 0.25) is 0 Å². The lowest BCUT2D eigenvalue weighted by Gasteiger charge is -2.33. The van der Waals surface area contributed by atoms with Gasteiger partial charge in [-0.2, -0.15) is 0 Å². The van der Waals surface area contributed by atoms with Crippen LogP contribution in [0.15, 0.2) is 54.7 Å². The lowest BCUT2D eigenvalue weighted by Crippen LogP contribution is -2.30. The Kier molecular flexibility index (Phi) is 6.69. The van der Waals surface area contributed by atoms with Gasteiger partial charge in [0, 0.05) is 37.1 Å². The number of aryl methyl sites for hydroxylation is 2. The Bertz CT molecular complexity index is 1100. The van der Waals surface area contributed by atoms with Gasteiger partial charge in [-0.25, -0.2) is 4.39 Å². The molecule has 0 saturated carbocycles. The molecule has 3 aromatic rings. The number of carboxylic acid groups (broad SMARTS) is 1. The fraction of sp³-hybridized carbons (Fsp3) is 0.308. The van der Waals surface area contributed by atoms with Crippen LogP contribution >= 0.6 is 0 Å². The molecule has 4 rings (SSSR count). The van der Waals surface area contributed by atoms with Crippen molar-refractivity contribution in [2.24, 2.45) is 0 Å². The average Bonchev–Trinajstić information content (AvgIpc) is 2.78. The SMILES string of the molecule is Cc1c(CNc2ccc(CCC(=O)O)c(F)c2)ccc2c1N(Cc1ccccn1)CCC2. The van der Waals surface area contributed by atoms with Crippen LogP contribution in [0.5, 0.6) is 0 Å². The predicted molar refractivity (Wildman–Crippen MR) is 124 cm³/mol. The van der Waals surface area contributed by atoms with Crippen molar-refractivity contribution < 1.29 is 14.3 Å². The van der Waals surface area contributed by atoms with Crippen molar-refractivity contribution in [3.8, 4) is 0 Å². The minimum absolute atomic E-state index is 0.0764. The van der Waals surface area contributed by atoms with Crippen molar-refractivity contribution in [2.75, 3.05) is 16.8 Å². The molecule has 1 aliphatic rings. The number of anilines is 2. The minimum atomic E-state index is -0.924. The Labute approximate surface area is 187 Å². The van der Waals surface area contributed by atoms with E-state index in [4.69, 9.17) is 5.11 Å². The third kappa shape index (κ3) is 5.07. The molecule has 5 nitrogen and oxygen atoms in total. The van der Waals surface area contributed by atoms with Gasteiger partial charge in [0.1, 0.15) is 5.82 Å². The lowest BCUT2D eigenvalue weighted by atomic mass is 9.94. The number of nitrogens with zero attached hydrogens (tertiary/aromatic N) is 2. The molecule has 1 aromatic heterocycles. The van der Waals surface area contributed by atoms with Crippen LogP contribution in [0.1, 0.15) is 40.8 Å².